The van der Waals surface area contributed by atoms with Crippen LogP contribution in [0.4, 0.5) is 11.6 Å². The number of nitrogens with zero attached hydrogens (tertiary/aromatic N) is 3. The molecule has 6 heteroatoms. The maximum atomic E-state index is 10.7. The molecule has 0 radical (unpaired) electrons. The van der Waals surface area contributed by atoms with Crippen LogP contribution >= 0.6 is 0 Å². The van der Waals surface area contributed by atoms with Gasteiger partial charge in [-0.1, -0.05) is 6.92 Å². The number of anilines is 1. The molecule has 86 valence electrons. The molecule has 0 amide bonds. The van der Waals surface area contributed by atoms with E-state index >= 15 is 0 Å². The summed E-state index contributed by atoms with van der Waals surface area (Å²) in [4.78, 5) is 13.9. The Morgan fingerprint density at radius 1 is 1.81 bits per heavy atom. The van der Waals surface area contributed by atoms with Crippen molar-refractivity contribution in [2.24, 2.45) is 7.05 Å². The Morgan fingerprint density at radius 2 is 2.50 bits per heavy atom. The molecule has 0 aromatic carbocycles. The van der Waals surface area contributed by atoms with Crippen molar-refractivity contribution in [3.63, 3.8) is 0 Å². The number of terminal acetylenes is 1. The fourth-order valence-electron chi connectivity index (χ4n) is 1.35. The first-order chi connectivity index (χ1) is 7.60. The molecule has 1 rings (SSSR count). The maximum absolute atomic E-state index is 10.7. The smallest absolute Gasteiger partial charge is 0.361 e. The molecule has 1 heterocycles. The quantitative estimate of drug-likeness (QED) is 0.466. The van der Waals surface area contributed by atoms with E-state index in [1.165, 1.54) is 6.33 Å². The third-order valence-corrected chi connectivity index (χ3v) is 2.29. The van der Waals surface area contributed by atoms with E-state index in [0.717, 1.165) is 6.42 Å². The lowest BCUT2D eigenvalue weighted by Crippen LogP contribution is -2.20. The molecule has 1 unspecified atom stereocenters. The number of hydrogen-bond acceptors (Lipinski definition) is 4. The predicted octanol–water partition coefficient (Wildman–Crippen LogP) is 1.54. The van der Waals surface area contributed by atoms with Crippen LogP contribution in [0.1, 0.15) is 19.8 Å². The fraction of sp³-hybridized carbons (Fsp3) is 0.500. The van der Waals surface area contributed by atoms with E-state index < -0.39 is 4.92 Å². The van der Waals surface area contributed by atoms with Crippen LogP contribution in [0, 0.1) is 22.5 Å². The van der Waals surface area contributed by atoms with Crippen LogP contribution in [0.15, 0.2) is 6.33 Å². The molecule has 0 aliphatic rings. The predicted molar refractivity (Wildman–Crippen MR) is 61.0 cm³/mol. The summed E-state index contributed by atoms with van der Waals surface area (Å²) in [5.41, 5.74) is 0. The van der Waals surface area contributed by atoms with Gasteiger partial charge in [-0.3, -0.25) is 4.57 Å². The molecule has 0 aliphatic heterocycles. The first-order valence-electron chi connectivity index (χ1n) is 4.95. The van der Waals surface area contributed by atoms with Gasteiger partial charge in [0, 0.05) is 19.5 Å². The summed E-state index contributed by atoms with van der Waals surface area (Å²) in [6, 6.07) is 0.0269. The molecule has 0 bridgehead atoms. The first-order valence-corrected chi connectivity index (χ1v) is 4.95. The lowest BCUT2D eigenvalue weighted by molar-refractivity contribution is -0.388. The monoisotopic (exact) mass is 222 g/mol. The van der Waals surface area contributed by atoms with Gasteiger partial charge in [-0.15, -0.1) is 12.3 Å². The highest BCUT2D eigenvalue weighted by Gasteiger charge is 2.21. The lowest BCUT2D eigenvalue weighted by atomic mass is 10.1. The molecule has 1 aromatic heterocycles. The molecular weight excluding hydrogens is 208 g/mol. The molecule has 1 atom stereocenters. The Bertz CT molecular complexity index is 419. The van der Waals surface area contributed by atoms with Gasteiger partial charge < -0.3 is 15.4 Å². The van der Waals surface area contributed by atoms with Crippen molar-refractivity contribution in [2.45, 2.75) is 25.8 Å². The number of nitro groups is 1. The number of nitrogens with one attached hydrogen (secondary N) is 1. The average Bonchev–Trinajstić information content (AvgIpc) is 2.60. The van der Waals surface area contributed by atoms with Gasteiger partial charge >= 0.3 is 5.82 Å². The summed E-state index contributed by atoms with van der Waals surface area (Å²) >= 11 is 0. The number of aryl methyl sites for hydroxylation is 1. The van der Waals surface area contributed by atoms with Crippen molar-refractivity contribution in [1.29, 1.82) is 0 Å². The summed E-state index contributed by atoms with van der Waals surface area (Å²) < 4.78 is 1.58. The van der Waals surface area contributed by atoms with Crippen LogP contribution in [-0.4, -0.2) is 20.5 Å². The normalized spacial score (nSPS) is 11.8. The van der Waals surface area contributed by atoms with Crippen molar-refractivity contribution in [3.05, 3.63) is 16.4 Å². The lowest BCUT2D eigenvalue weighted by Gasteiger charge is -2.14. The summed E-state index contributed by atoms with van der Waals surface area (Å²) in [5, 5.41) is 13.8. The second-order valence-electron chi connectivity index (χ2n) is 3.44. The summed E-state index contributed by atoms with van der Waals surface area (Å²) in [5.74, 6) is 2.76. The Balaban J connectivity index is 2.91. The second kappa shape index (κ2) is 5.16. The highest BCUT2D eigenvalue weighted by molar-refractivity contribution is 5.52. The van der Waals surface area contributed by atoms with Gasteiger partial charge in [-0.2, -0.15) is 0 Å². The molecule has 6 nitrogen and oxygen atoms in total. The van der Waals surface area contributed by atoms with Crippen LogP contribution < -0.4 is 5.32 Å². The molecular formula is C10H14N4O2. The van der Waals surface area contributed by atoms with Gasteiger partial charge in [-0.05, 0) is 16.3 Å². The topological polar surface area (TPSA) is 73.0 Å². The second-order valence-corrected chi connectivity index (χ2v) is 3.44. The average molecular weight is 222 g/mol. The summed E-state index contributed by atoms with van der Waals surface area (Å²) in [6.07, 6.45) is 7.95. The minimum Gasteiger partial charge on any atom is -0.361 e. The van der Waals surface area contributed by atoms with E-state index in [1.54, 1.807) is 11.6 Å². The molecule has 16 heavy (non-hydrogen) atoms. The van der Waals surface area contributed by atoms with E-state index in [1.807, 2.05) is 6.92 Å². The third-order valence-electron chi connectivity index (χ3n) is 2.29. The van der Waals surface area contributed by atoms with Crippen molar-refractivity contribution in [1.82, 2.24) is 9.55 Å². The molecule has 1 aromatic rings. The Morgan fingerprint density at radius 3 is 3.00 bits per heavy atom. The van der Waals surface area contributed by atoms with Crippen LogP contribution in [-0.2, 0) is 7.05 Å². The van der Waals surface area contributed by atoms with Crippen molar-refractivity contribution in [3.8, 4) is 12.3 Å². The van der Waals surface area contributed by atoms with Gasteiger partial charge in [0.25, 0.3) is 0 Å². The van der Waals surface area contributed by atoms with Crippen LogP contribution in [0.2, 0.25) is 0 Å². The zero-order valence-corrected chi connectivity index (χ0v) is 9.30. The van der Waals surface area contributed by atoms with Gasteiger partial charge in [0.1, 0.15) is 0 Å². The molecule has 0 fully saturated rings. The SMILES string of the molecule is C#CCC(CC)Nc1c([N+](=O)[O-])ncn1C. The van der Waals surface area contributed by atoms with Crippen molar-refractivity contribution < 1.29 is 4.92 Å². The molecule has 0 aliphatic carbocycles. The van der Waals surface area contributed by atoms with Gasteiger partial charge in [0.2, 0.25) is 12.1 Å². The highest BCUT2D eigenvalue weighted by Crippen LogP contribution is 2.22. The number of aromatic nitrogens is 2. The molecule has 0 saturated heterocycles. The fourth-order valence-corrected chi connectivity index (χ4v) is 1.35. The Kier molecular flexibility index (Phi) is 3.89. The standard InChI is InChI=1S/C10H14N4O2/c1-4-6-8(5-2)12-10-9(14(15)16)11-7-13(10)3/h1,7-8,12H,5-6H2,2-3H3. The Labute approximate surface area is 93.8 Å². The summed E-state index contributed by atoms with van der Waals surface area (Å²) in [7, 11) is 1.70. The minimum atomic E-state index is -0.509. The van der Waals surface area contributed by atoms with Crippen LogP contribution in [0.25, 0.3) is 0 Å². The first kappa shape index (κ1) is 12.0. The largest absolute Gasteiger partial charge is 0.406 e. The van der Waals surface area contributed by atoms with Gasteiger partial charge in [-0.25, -0.2) is 0 Å². The maximum Gasteiger partial charge on any atom is 0.406 e. The number of rotatable bonds is 5. The number of hydrogen-bond donors (Lipinski definition) is 1. The zero-order valence-electron chi connectivity index (χ0n) is 9.30. The highest BCUT2D eigenvalue weighted by atomic mass is 16.6. The van der Waals surface area contributed by atoms with Crippen molar-refractivity contribution in [2.75, 3.05) is 5.32 Å². The van der Waals surface area contributed by atoms with Crippen molar-refractivity contribution >= 4 is 11.6 Å². The van der Waals surface area contributed by atoms with E-state index in [0.29, 0.717) is 12.2 Å². The molecule has 1 N–H and O–H groups in total. The summed E-state index contributed by atoms with van der Waals surface area (Å²) in [6.45, 7) is 1.97. The third kappa shape index (κ3) is 2.51. The van der Waals surface area contributed by atoms with Gasteiger partial charge in [0.05, 0.1) is 0 Å². The van der Waals surface area contributed by atoms with Crippen LogP contribution in [0.5, 0.6) is 0 Å². The van der Waals surface area contributed by atoms with E-state index in [4.69, 9.17) is 6.42 Å². The van der Waals surface area contributed by atoms with E-state index in [9.17, 15) is 10.1 Å². The zero-order chi connectivity index (χ0) is 12.1. The van der Waals surface area contributed by atoms with Crippen LogP contribution in [0.3, 0.4) is 0 Å². The van der Waals surface area contributed by atoms with Gasteiger partial charge in [0.15, 0.2) is 0 Å². The number of imidazole rings is 1. The van der Waals surface area contributed by atoms with E-state index in [-0.39, 0.29) is 11.9 Å². The van der Waals surface area contributed by atoms with E-state index in [2.05, 4.69) is 16.2 Å². The molecule has 0 spiro atoms. The minimum absolute atomic E-state index is 0.0269. The molecule has 0 saturated carbocycles. The Hall–Kier alpha value is -2.03.